The van der Waals surface area contributed by atoms with Crippen molar-refractivity contribution in [1.29, 1.82) is 0 Å². The maximum Gasteiger partial charge on any atom is 0.262 e. The molecular weight excluding hydrogens is 346 g/mol. The van der Waals surface area contributed by atoms with Crippen LogP contribution in [-0.2, 0) is 11.3 Å². The Morgan fingerprint density at radius 3 is 2.81 bits per heavy atom. The number of nitrogens with one attached hydrogen (secondary N) is 1. The molecule has 140 valence electrons. The maximum atomic E-state index is 12.7. The standard InChI is InChI=1S/C20H27N3O2S/c1-2-12-23-19(25)16-10-6-7-11-17(16)22-20(23)26-14-18(24)21-13-15-8-4-3-5-9-15/h6-7,10-11,15H,2-5,8-9,12-14H2,1H3,(H,21,24). The fraction of sp³-hybridized carbons (Fsp3) is 0.550. The third-order valence-corrected chi connectivity index (χ3v) is 5.90. The lowest BCUT2D eigenvalue weighted by molar-refractivity contribution is -0.118. The zero-order valence-corrected chi connectivity index (χ0v) is 16.2. The summed E-state index contributed by atoms with van der Waals surface area (Å²) in [5, 5.41) is 4.31. The highest BCUT2D eigenvalue weighted by Crippen LogP contribution is 2.23. The summed E-state index contributed by atoms with van der Waals surface area (Å²) >= 11 is 1.35. The number of benzene rings is 1. The van der Waals surface area contributed by atoms with Gasteiger partial charge in [0, 0.05) is 13.1 Å². The van der Waals surface area contributed by atoms with Gasteiger partial charge in [-0.3, -0.25) is 14.2 Å². The smallest absolute Gasteiger partial charge is 0.262 e. The lowest BCUT2D eigenvalue weighted by Gasteiger charge is -2.21. The van der Waals surface area contributed by atoms with Crippen molar-refractivity contribution in [2.75, 3.05) is 12.3 Å². The molecule has 0 spiro atoms. The molecule has 26 heavy (non-hydrogen) atoms. The fourth-order valence-corrected chi connectivity index (χ4v) is 4.36. The largest absolute Gasteiger partial charge is 0.355 e. The minimum Gasteiger partial charge on any atom is -0.355 e. The third-order valence-electron chi connectivity index (χ3n) is 4.92. The molecule has 3 rings (SSSR count). The third kappa shape index (κ3) is 4.67. The summed E-state index contributed by atoms with van der Waals surface area (Å²) in [5.41, 5.74) is 0.664. The molecule has 1 N–H and O–H groups in total. The summed E-state index contributed by atoms with van der Waals surface area (Å²) in [6.45, 7) is 3.42. The number of hydrogen-bond acceptors (Lipinski definition) is 4. The van der Waals surface area contributed by atoms with E-state index in [-0.39, 0.29) is 11.5 Å². The van der Waals surface area contributed by atoms with Crippen molar-refractivity contribution >= 4 is 28.6 Å². The van der Waals surface area contributed by atoms with Gasteiger partial charge in [0.25, 0.3) is 5.56 Å². The predicted octanol–water partition coefficient (Wildman–Crippen LogP) is 3.60. The second-order valence-corrected chi connectivity index (χ2v) is 7.91. The Labute approximate surface area is 158 Å². The highest BCUT2D eigenvalue weighted by atomic mass is 32.2. The highest BCUT2D eigenvalue weighted by molar-refractivity contribution is 7.99. The average Bonchev–Trinajstić information content (AvgIpc) is 2.68. The van der Waals surface area contributed by atoms with Crippen molar-refractivity contribution < 1.29 is 4.79 Å². The normalized spacial score (nSPS) is 15.3. The summed E-state index contributed by atoms with van der Waals surface area (Å²) in [7, 11) is 0. The van der Waals surface area contributed by atoms with Crippen LogP contribution in [-0.4, -0.2) is 27.8 Å². The quantitative estimate of drug-likeness (QED) is 0.595. The van der Waals surface area contributed by atoms with Crippen LogP contribution in [0.2, 0.25) is 0 Å². The second-order valence-electron chi connectivity index (χ2n) is 6.97. The van der Waals surface area contributed by atoms with Crippen LogP contribution in [0.5, 0.6) is 0 Å². The number of amides is 1. The molecule has 0 atom stereocenters. The van der Waals surface area contributed by atoms with E-state index in [2.05, 4.69) is 10.3 Å². The van der Waals surface area contributed by atoms with Gasteiger partial charge < -0.3 is 5.32 Å². The number of thioether (sulfide) groups is 1. The molecule has 0 aliphatic heterocycles. The van der Waals surface area contributed by atoms with Crippen molar-refractivity contribution in [3.8, 4) is 0 Å². The van der Waals surface area contributed by atoms with E-state index < -0.39 is 0 Å². The van der Waals surface area contributed by atoms with Crippen LogP contribution in [0.4, 0.5) is 0 Å². The first-order valence-electron chi connectivity index (χ1n) is 9.58. The molecule has 6 heteroatoms. The Kier molecular flexibility index (Phi) is 6.72. The van der Waals surface area contributed by atoms with Gasteiger partial charge in [0.05, 0.1) is 16.7 Å². The Hall–Kier alpha value is -1.82. The van der Waals surface area contributed by atoms with Crippen LogP contribution in [0.1, 0.15) is 45.4 Å². The van der Waals surface area contributed by atoms with E-state index in [1.807, 2.05) is 31.2 Å². The van der Waals surface area contributed by atoms with Gasteiger partial charge in [0.1, 0.15) is 0 Å². The van der Waals surface area contributed by atoms with Crippen LogP contribution in [0.15, 0.2) is 34.2 Å². The number of carbonyl (C=O) groups excluding carboxylic acids is 1. The molecule has 1 aliphatic rings. The molecule has 1 aromatic carbocycles. The molecule has 1 amide bonds. The van der Waals surface area contributed by atoms with Crippen molar-refractivity contribution in [3.63, 3.8) is 0 Å². The van der Waals surface area contributed by atoms with Gasteiger partial charge in [0.15, 0.2) is 5.16 Å². The van der Waals surface area contributed by atoms with E-state index in [0.717, 1.165) is 13.0 Å². The highest BCUT2D eigenvalue weighted by Gasteiger charge is 2.16. The van der Waals surface area contributed by atoms with E-state index >= 15 is 0 Å². The summed E-state index contributed by atoms with van der Waals surface area (Å²) in [4.78, 5) is 29.6. The topological polar surface area (TPSA) is 64.0 Å². The van der Waals surface area contributed by atoms with Crippen molar-refractivity contribution in [1.82, 2.24) is 14.9 Å². The summed E-state index contributed by atoms with van der Waals surface area (Å²) in [6.07, 6.45) is 7.16. The number of carbonyl (C=O) groups is 1. The lowest BCUT2D eigenvalue weighted by atomic mass is 9.89. The molecular formula is C20H27N3O2S. The zero-order chi connectivity index (χ0) is 18.4. The molecule has 0 bridgehead atoms. The van der Waals surface area contributed by atoms with Gasteiger partial charge in [-0.25, -0.2) is 4.98 Å². The first-order chi connectivity index (χ1) is 12.7. The van der Waals surface area contributed by atoms with Crippen molar-refractivity contribution in [2.24, 2.45) is 5.92 Å². The Bertz CT molecular complexity index is 812. The molecule has 0 radical (unpaired) electrons. The van der Waals surface area contributed by atoms with Crippen LogP contribution in [0.25, 0.3) is 10.9 Å². The summed E-state index contributed by atoms with van der Waals surface area (Å²) in [5.74, 6) is 0.932. The van der Waals surface area contributed by atoms with Gasteiger partial charge in [-0.15, -0.1) is 0 Å². The molecule has 0 unspecified atom stereocenters. The molecule has 5 nitrogen and oxygen atoms in total. The molecule has 1 aliphatic carbocycles. The van der Waals surface area contributed by atoms with Gasteiger partial charge in [0.2, 0.25) is 5.91 Å². The number of hydrogen-bond donors (Lipinski definition) is 1. The Balaban J connectivity index is 1.66. The predicted molar refractivity (Wildman–Crippen MR) is 107 cm³/mol. The number of para-hydroxylation sites is 1. The van der Waals surface area contributed by atoms with Gasteiger partial charge in [-0.05, 0) is 37.3 Å². The lowest BCUT2D eigenvalue weighted by Crippen LogP contribution is -2.32. The SMILES string of the molecule is CCCn1c(SCC(=O)NCC2CCCCC2)nc2ccccc2c1=O. The number of fused-ring (bicyclic) bond motifs is 1. The van der Waals surface area contributed by atoms with Gasteiger partial charge >= 0.3 is 0 Å². The van der Waals surface area contributed by atoms with Crippen LogP contribution in [0, 0.1) is 5.92 Å². The van der Waals surface area contributed by atoms with Gasteiger partial charge in [-0.1, -0.05) is 50.1 Å². The monoisotopic (exact) mass is 373 g/mol. The number of nitrogens with zero attached hydrogens (tertiary/aromatic N) is 2. The average molecular weight is 374 g/mol. The molecule has 1 aromatic heterocycles. The maximum absolute atomic E-state index is 12.7. The van der Waals surface area contributed by atoms with Crippen molar-refractivity contribution in [3.05, 3.63) is 34.6 Å². The van der Waals surface area contributed by atoms with Crippen LogP contribution >= 0.6 is 11.8 Å². The van der Waals surface area contributed by atoms with Crippen LogP contribution < -0.4 is 10.9 Å². The molecule has 0 saturated heterocycles. The van der Waals surface area contributed by atoms with Gasteiger partial charge in [-0.2, -0.15) is 0 Å². The molecule has 1 saturated carbocycles. The van der Waals surface area contributed by atoms with E-state index in [1.54, 1.807) is 4.57 Å². The summed E-state index contributed by atoms with van der Waals surface area (Å²) in [6, 6.07) is 7.39. The zero-order valence-electron chi connectivity index (χ0n) is 15.4. The second kappa shape index (κ2) is 9.21. The van der Waals surface area contributed by atoms with E-state index in [1.165, 1.54) is 43.9 Å². The van der Waals surface area contributed by atoms with Crippen LogP contribution in [0.3, 0.4) is 0 Å². The molecule has 1 fully saturated rings. The summed E-state index contributed by atoms with van der Waals surface area (Å²) < 4.78 is 1.70. The molecule has 1 heterocycles. The number of rotatable bonds is 7. The first kappa shape index (κ1) is 19.0. The van der Waals surface area contributed by atoms with Crippen molar-refractivity contribution in [2.45, 2.75) is 57.1 Å². The number of aromatic nitrogens is 2. The van der Waals surface area contributed by atoms with E-state index in [0.29, 0.717) is 34.3 Å². The molecule has 2 aromatic rings. The fourth-order valence-electron chi connectivity index (χ4n) is 3.51. The van der Waals surface area contributed by atoms with E-state index in [9.17, 15) is 9.59 Å². The van der Waals surface area contributed by atoms with E-state index in [4.69, 9.17) is 0 Å². The minimum absolute atomic E-state index is 0.0195. The minimum atomic E-state index is -0.0254. The Morgan fingerprint density at radius 1 is 1.27 bits per heavy atom. The Morgan fingerprint density at radius 2 is 2.04 bits per heavy atom. The first-order valence-corrected chi connectivity index (χ1v) is 10.6.